The lowest BCUT2D eigenvalue weighted by atomic mass is 9.95. The first-order chi connectivity index (χ1) is 8.95. The molecule has 0 radical (unpaired) electrons. The molecule has 1 aliphatic rings. The molecule has 0 saturated carbocycles. The number of hydrogen-bond acceptors (Lipinski definition) is 4. The summed E-state index contributed by atoms with van der Waals surface area (Å²) < 4.78 is 24.6. The molecule has 1 aromatic rings. The Morgan fingerprint density at radius 2 is 2.16 bits per heavy atom. The van der Waals surface area contributed by atoms with Gasteiger partial charge < -0.3 is 0 Å². The number of hydrogen-bond donors (Lipinski definition) is 0. The van der Waals surface area contributed by atoms with Gasteiger partial charge in [0.25, 0.3) is 0 Å². The highest BCUT2D eigenvalue weighted by Gasteiger charge is 2.23. The van der Waals surface area contributed by atoms with Gasteiger partial charge in [-0.15, -0.1) is 0 Å². The number of sulfonamides is 1. The molecule has 2 heterocycles. The van der Waals surface area contributed by atoms with Gasteiger partial charge in [0.15, 0.2) is 0 Å². The van der Waals surface area contributed by atoms with E-state index in [1.807, 2.05) is 0 Å². The molecule has 1 atom stereocenters. The zero-order chi connectivity index (χ0) is 13.9. The summed E-state index contributed by atoms with van der Waals surface area (Å²) >= 11 is 5.84. The maximum atomic E-state index is 11.5. The van der Waals surface area contributed by atoms with Crippen molar-refractivity contribution in [2.24, 2.45) is 5.92 Å². The highest BCUT2D eigenvalue weighted by atomic mass is 35.5. The molecule has 0 amide bonds. The van der Waals surface area contributed by atoms with E-state index in [2.05, 4.69) is 9.97 Å². The molecule has 0 aliphatic carbocycles. The monoisotopic (exact) mass is 303 g/mol. The Balaban J connectivity index is 1.96. The van der Waals surface area contributed by atoms with Crippen molar-refractivity contribution >= 4 is 21.6 Å². The van der Waals surface area contributed by atoms with Crippen LogP contribution in [0, 0.1) is 5.92 Å². The van der Waals surface area contributed by atoms with Crippen LogP contribution in [0.5, 0.6) is 0 Å². The Morgan fingerprint density at radius 3 is 2.84 bits per heavy atom. The van der Waals surface area contributed by atoms with Crippen LogP contribution in [0.2, 0.25) is 5.15 Å². The number of aromatic nitrogens is 2. The lowest BCUT2D eigenvalue weighted by molar-refractivity contribution is 0.412. The Bertz CT molecular complexity index is 536. The standard InChI is InChI=1S/C12H18ClN3O2S/c1-19(17,18)16-5-2-3-10(4-6-16)7-11-8-12(13)15-9-14-11/h8-10H,2-7H2,1H3. The van der Waals surface area contributed by atoms with Crippen LogP contribution < -0.4 is 0 Å². The van der Waals surface area contributed by atoms with Crippen molar-refractivity contribution in [2.45, 2.75) is 25.7 Å². The van der Waals surface area contributed by atoms with Crippen LogP contribution >= 0.6 is 11.6 Å². The minimum atomic E-state index is -3.07. The fourth-order valence-corrected chi connectivity index (χ4v) is 3.52. The van der Waals surface area contributed by atoms with Crippen molar-refractivity contribution in [3.8, 4) is 0 Å². The molecule has 106 valence electrons. The second kappa shape index (κ2) is 6.15. The molecule has 7 heteroatoms. The molecule has 5 nitrogen and oxygen atoms in total. The smallest absolute Gasteiger partial charge is 0.211 e. The zero-order valence-electron chi connectivity index (χ0n) is 10.9. The molecule has 0 spiro atoms. The summed E-state index contributed by atoms with van der Waals surface area (Å²) in [6.45, 7) is 1.22. The first-order valence-electron chi connectivity index (χ1n) is 6.36. The van der Waals surface area contributed by atoms with Gasteiger partial charge in [0.05, 0.1) is 6.26 Å². The molecule has 1 saturated heterocycles. The fraction of sp³-hybridized carbons (Fsp3) is 0.667. The van der Waals surface area contributed by atoms with Gasteiger partial charge in [-0.2, -0.15) is 0 Å². The van der Waals surface area contributed by atoms with E-state index in [1.165, 1.54) is 12.6 Å². The molecule has 0 bridgehead atoms. The summed E-state index contributed by atoms with van der Waals surface area (Å²) in [6, 6.07) is 1.78. The zero-order valence-corrected chi connectivity index (χ0v) is 12.5. The third kappa shape index (κ3) is 4.40. The highest BCUT2D eigenvalue weighted by Crippen LogP contribution is 2.22. The summed E-state index contributed by atoms with van der Waals surface area (Å²) in [7, 11) is -3.07. The quantitative estimate of drug-likeness (QED) is 0.798. The van der Waals surface area contributed by atoms with Gasteiger partial charge in [0.1, 0.15) is 11.5 Å². The number of halogens is 1. The Kier molecular flexibility index (Phi) is 4.76. The Morgan fingerprint density at radius 1 is 1.37 bits per heavy atom. The van der Waals surface area contributed by atoms with E-state index in [0.29, 0.717) is 24.2 Å². The normalized spacial score (nSPS) is 22.1. The predicted molar refractivity (Wildman–Crippen MR) is 74.5 cm³/mol. The first-order valence-corrected chi connectivity index (χ1v) is 8.59. The predicted octanol–water partition coefficient (Wildman–Crippen LogP) is 1.73. The van der Waals surface area contributed by atoms with Crippen LogP contribution in [-0.4, -0.2) is 42.0 Å². The molecule has 0 aromatic carbocycles. The van der Waals surface area contributed by atoms with Gasteiger partial charge >= 0.3 is 0 Å². The van der Waals surface area contributed by atoms with Crippen LogP contribution in [0.4, 0.5) is 0 Å². The van der Waals surface area contributed by atoms with E-state index < -0.39 is 10.0 Å². The van der Waals surface area contributed by atoms with Crippen molar-refractivity contribution in [1.29, 1.82) is 0 Å². The van der Waals surface area contributed by atoms with Crippen molar-refractivity contribution in [3.63, 3.8) is 0 Å². The van der Waals surface area contributed by atoms with Gasteiger partial charge in [-0.25, -0.2) is 22.7 Å². The van der Waals surface area contributed by atoms with E-state index in [9.17, 15) is 8.42 Å². The van der Waals surface area contributed by atoms with E-state index >= 15 is 0 Å². The Labute approximate surface area is 119 Å². The second-order valence-electron chi connectivity index (χ2n) is 5.00. The lowest BCUT2D eigenvalue weighted by Gasteiger charge is -2.17. The van der Waals surface area contributed by atoms with Crippen LogP contribution in [0.3, 0.4) is 0 Å². The number of rotatable bonds is 3. The van der Waals surface area contributed by atoms with Gasteiger partial charge in [-0.05, 0) is 37.7 Å². The summed E-state index contributed by atoms with van der Waals surface area (Å²) in [5.74, 6) is 0.456. The third-order valence-electron chi connectivity index (χ3n) is 3.46. The molecule has 19 heavy (non-hydrogen) atoms. The summed E-state index contributed by atoms with van der Waals surface area (Å²) in [5, 5.41) is 0.455. The Hall–Kier alpha value is -0.720. The van der Waals surface area contributed by atoms with Crippen LogP contribution in [0.15, 0.2) is 12.4 Å². The van der Waals surface area contributed by atoms with E-state index in [1.54, 1.807) is 10.4 Å². The molecule has 1 fully saturated rings. The van der Waals surface area contributed by atoms with Gasteiger partial charge in [0.2, 0.25) is 10.0 Å². The highest BCUT2D eigenvalue weighted by molar-refractivity contribution is 7.88. The maximum Gasteiger partial charge on any atom is 0.211 e. The lowest BCUT2D eigenvalue weighted by Crippen LogP contribution is -2.30. The van der Waals surface area contributed by atoms with Crippen LogP contribution in [0.1, 0.15) is 25.0 Å². The van der Waals surface area contributed by atoms with E-state index in [4.69, 9.17) is 11.6 Å². The van der Waals surface area contributed by atoms with E-state index in [-0.39, 0.29) is 0 Å². The third-order valence-corrected chi connectivity index (χ3v) is 4.97. The minimum Gasteiger partial charge on any atom is -0.241 e. The molecule has 1 unspecified atom stereocenters. The van der Waals surface area contributed by atoms with Gasteiger partial charge in [-0.3, -0.25) is 0 Å². The molecular formula is C12H18ClN3O2S. The maximum absolute atomic E-state index is 11.5. The van der Waals surface area contributed by atoms with Crippen molar-refractivity contribution < 1.29 is 8.42 Å². The van der Waals surface area contributed by atoms with E-state index in [0.717, 1.165) is 31.4 Å². The van der Waals surface area contributed by atoms with Crippen molar-refractivity contribution in [2.75, 3.05) is 19.3 Å². The van der Waals surface area contributed by atoms with Crippen LogP contribution in [-0.2, 0) is 16.4 Å². The second-order valence-corrected chi connectivity index (χ2v) is 7.36. The number of nitrogens with zero attached hydrogens (tertiary/aromatic N) is 3. The summed E-state index contributed by atoms with van der Waals surface area (Å²) in [6.07, 6.45) is 6.37. The fourth-order valence-electron chi connectivity index (χ4n) is 2.45. The average Bonchev–Trinajstić information content (AvgIpc) is 2.54. The van der Waals surface area contributed by atoms with Gasteiger partial charge in [0, 0.05) is 18.8 Å². The molecule has 1 aliphatic heterocycles. The molecule has 2 rings (SSSR count). The molecular weight excluding hydrogens is 286 g/mol. The topological polar surface area (TPSA) is 63.2 Å². The molecule has 0 N–H and O–H groups in total. The van der Waals surface area contributed by atoms with Crippen molar-refractivity contribution in [3.05, 3.63) is 23.2 Å². The minimum absolute atomic E-state index is 0.455. The van der Waals surface area contributed by atoms with Crippen LogP contribution in [0.25, 0.3) is 0 Å². The summed E-state index contributed by atoms with van der Waals surface area (Å²) in [4.78, 5) is 8.07. The molecule has 1 aromatic heterocycles. The van der Waals surface area contributed by atoms with Crippen molar-refractivity contribution in [1.82, 2.24) is 14.3 Å². The SMILES string of the molecule is CS(=O)(=O)N1CCCC(Cc2cc(Cl)ncn2)CC1. The largest absolute Gasteiger partial charge is 0.241 e. The summed E-state index contributed by atoms with van der Waals surface area (Å²) in [5.41, 5.74) is 0.929. The first kappa shape index (κ1) is 14.7. The van der Waals surface area contributed by atoms with Gasteiger partial charge in [-0.1, -0.05) is 11.6 Å². The average molecular weight is 304 g/mol.